The van der Waals surface area contributed by atoms with E-state index in [-0.39, 0.29) is 24.9 Å². The van der Waals surface area contributed by atoms with Crippen LogP contribution < -0.4 is 5.32 Å². The van der Waals surface area contributed by atoms with Crippen LogP contribution in [0.4, 0.5) is 18.9 Å². The molecule has 1 N–H and O–H groups in total. The predicted molar refractivity (Wildman–Crippen MR) is 90.7 cm³/mol. The quantitative estimate of drug-likeness (QED) is 0.776. The Balaban J connectivity index is 1.68. The van der Waals surface area contributed by atoms with Gasteiger partial charge in [-0.05, 0) is 60.7 Å². The number of anilines is 1. The number of rotatable bonds is 3. The molecule has 0 unspecified atom stereocenters. The molecule has 6 heteroatoms. The van der Waals surface area contributed by atoms with Crippen LogP contribution in [-0.2, 0) is 4.74 Å². The topological polar surface area (TPSA) is 38.3 Å². The molecule has 1 fully saturated rings. The molecule has 0 bridgehead atoms. The van der Waals surface area contributed by atoms with Gasteiger partial charge in [0, 0.05) is 11.7 Å². The number of fused-ring (bicyclic) bond motifs is 1. The summed E-state index contributed by atoms with van der Waals surface area (Å²) in [6.45, 7) is 0. The van der Waals surface area contributed by atoms with Gasteiger partial charge in [0.15, 0.2) is 0 Å². The molecule has 0 saturated heterocycles. The SMILES string of the molecule is COC(=O)c1ccc2cc(N[C@H]3CC[C@H](C(F)(F)F)CC3)ccc2c1. The van der Waals surface area contributed by atoms with Gasteiger partial charge in [-0.25, -0.2) is 4.79 Å². The first-order valence-corrected chi connectivity index (χ1v) is 8.32. The molecule has 3 rings (SSSR count). The number of benzene rings is 2. The van der Waals surface area contributed by atoms with Crippen LogP contribution >= 0.6 is 0 Å². The minimum absolute atomic E-state index is 0.0605. The van der Waals surface area contributed by atoms with E-state index in [1.54, 1.807) is 12.1 Å². The van der Waals surface area contributed by atoms with Gasteiger partial charge >= 0.3 is 12.1 Å². The molecular formula is C19H20F3NO2. The van der Waals surface area contributed by atoms with Gasteiger partial charge in [-0.3, -0.25) is 0 Å². The number of nitrogens with one attached hydrogen (secondary N) is 1. The van der Waals surface area contributed by atoms with Gasteiger partial charge in [0.05, 0.1) is 18.6 Å². The summed E-state index contributed by atoms with van der Waals surface area (Å²) in [5.74, 6) is -1.55. The number of ether oxygens (including phenoxy) is 1. The molecule has 1 aliphatic rings. The average molecular weight is 351 g/mol. The molecule has 1 saturated carbocycles. The first kappa shape index (κ1) is 17.6. The summed E-state index contributed by atoms with van der Waals surface area (Å²) in [5, 5.41) is 5.21. The van der Waals surface area contributed by atoms with Crippen LogP contribution in [0.5, 0.6) is 0 Å². The fourth-order valence-electron chi connectivity index (χ4n) is 3.38. The van der Waals surface area contributed by atoms with E-state index >= 15 is 0 Å². The molecule has 2 aromatic carbocycles. The molecule has 0 amide bonds. The largest absolute Gasteiger partial charge is 0.465 e. The van der Waals surface area contributed by atoms with E-state index in [4.69, 9.17) is 4.74 Å². The maximum atomic E-state index is 12.7. The molecule has 0 atom stereocenters. The van der Waals surface area contributed by atoms with Gasteiger partial charge in [-0.1, -0.05) is 12.1 Å². The third kappa shape index (κ3) is 4.06. The Labute approximate surface area is 144 Å². The molecule has 0 aliphatic heterocycles. The van der Waals surface area contributed by atoms with Crippen molar-refractivity contribution < 1.29 is 22.7 Å². The lowest BCUT2D eigenvalue weighted by Crippen LogP contribution is -2.32. The van der Waals surface area contributed by atoms with E-state index in [2.05, 4.69) is 5.32 Å². The van der Waals surface area contributed by atoms with Crippen LogP contribution in [0, 0.1) is 5.92 Å². The van der Waals surface area contributed by atoms with E-state index in [9.17, 15) is 18.0 Å². The first-order chi connectivity index (χ1) is 11.9. The van der Waals surface area contributed by atoms with Crippen molar-refractivity contribution in [2.45, 2.75) is 37.9 Å². The second kappa shape index (κ2) is 6.94. The fourth-order valence-corrected chi connectivity index (χ4v) is 3.38. The molecule has 25 heavy (non-hydrogen) atoms. The molecule has 0 spiro atoms. The highest BCUT2D eigenvalue weighted by molar-refractivity contribution is 5.96. The number of carbonyl (C=O) groups excluding carboxylic acids is 1. The number of methoxy groups -OCH3 is 1. The zero-order chi connectivity index (χ0) is 18.0. The Morgan fingerprint density at radius 2 is 1.68 bits per heavy atom. The van der Waals surface area contributed by atoms with Crippen molar-refractivity contribution in [3.63, 3.8) is 0 Å². The summed E-state index contributed by atoms with van der Waals surface area (Å²) in [4.78, 5) is 11.6. The van der Waals surface area contributed by atoms with E-state index in [0.717, 1.165) is 16.5 Å². The lowest BCUT2D eigenvalue weighted by atomic mass is 9.85. The van der Waals surface area contributed by atoms with Gasteiger partial charge in [-0.15, -0.1) is 0 Å². The Hall–Kier alpha value is -2.24. The van der Waals surface area contributed by atoms with Gasteiger partial charge in [-0.2, -0.15) is 13.2 Å². The van der Waals surface area contributed by atoms with Crippen molar-refractivity contribution in [2.24, 2.45) is 5.92 Å². The normalized spacial score (nSPS) is 21.1. The molecule has 0 heterocycles. The van der Waals surface area contributed by atoms with Crippen LogP contribution in [-0.4, -0.2) is 25.3 Å². The summed E-state index contributed by atoms with van der Waals surface area (Å²) < 4.78 is 42.9. The number of halogens is 3. The highest BCUT2D eigenvalue weighted by Crippen LogP contribution is 2.38. The second-order valence-corrected chi connectivity index (χ2v) is 6.50. The van der Waals surface area contributed by atoms with Crippen molar-refractivity contribution in [2.75, 3.05) is 12.4 Å². The van der Waals surface area contributed by atoms with E-state index < -0.39 is 12.1 Å². The molecule has 1 aliphatic carbocycles. The van der Waals surface area contributed by atoms with Crippen molar-refractivity contribution in [3.8, 4) is 0 Å². The zero-order valence-electron chi connectivity index (χ0n) is 13.9. The van der Waals surface area contributed by atoms with Crippen molar-refractivity contribution in [1.82, 2.24) is 0 Å². The number of esters is 1. The Kier molecular flexibility index (Phi) is 4.88. The Morgan fingerprint density at radius 3 is 2.32 bits per heavy atom. The van der Waals surface area contributed by atoms with E-state index in [1.807, 2.05) is 24.3 Å². The maximum Gasteiger partial charge on any atom is 0.391 e. The first-order valence-electron chi connectivity index (χ1n) is 8.32. The minimum Gasteiger partial charge on any atom is -0.465 e. The van der Waals surface area contributed by atoms with Crippen LogP contribution in [0.3, 0.4) is 0 Å². The van der Waals surface area contributed by atoms with Gasteiger partial charge in [0.2, 0.25) is 0 Å². The predicted octanol–water partition coefficient (Wildman–Crippen LogP) is 5.16. The molecule has 2 aromatic rings. The van der Waals surface area contributed by atoms with Crippen LogP contribution in [0.15, 0.2) is 36.4 Å². The zero-order valence-corrected chi connectivity index (χ0v) is 13.9. The van der Waals surface area contributed by atoms with Gasteiger partial charge < -0.3 is 10.1 Å². The van der Waals surface area contributed by atoms with Crippen molar-refractivity contribution >= 4 is 22.4 Å². The monoisotopic (exact) mass is 351 g/mol. The lowest BCUT2D eigenvalue weighted by Gasteiger charge is -2.30. The van der Waals surface area contributed by atoms with Crippen LogP contribution in [0.25, 0.3) is 10.8 Å². The Morgan fingerprint density at radius 1 is 1.04 bits per heavy atom. The second-order valence-electron chi connectivity index (χ2n) is 6.50. The summed E-state index contributed by atoms with van der Waals surface area (Å²) >= 11 is 0. The summed E-state index contributed by atoms with van der Waals surface area (Å²) in [7, 11) is 1.34. The lowest BCUT2D eigenvalue weighted by molar-refractivity contribution is -0.182. The highest BCUT2D eigenvalue weighted by Gasteiger charge is 2.41. The standard InChI is InChI=1S/C19H20F3NO2/c1-25-18(24)14-3-2-13-11-17(7-4-12(13)10-14)23-16-8-5-15(6-9-16)19(20,21)22/h2-4,7,10-11,15-16,23H,5-6,8-9H2,1H3/t15-,16-. The van der Waals surface area contributed by atoms with Crippen molar-refractivity contribution in [3.05, 3.63) is 42.0 Å². The molecule has 0 radical (unpaired) electrons. The summed E-state index contributed by atoms with van der Waals surface area (Å²) in [6, 6.07) is 11.1. The number of hydrogen-bond donors (Lipinski definition) is 1. The van der Waals surface area contributed by atoms with Gasteiger partial charge in [0.25, 0.3) is 0 Å². The molecule has 3 nitrogen and oxygen atoms in total. The average Bonchev–Trinajstić information content (AvgIpc) is 2.60. The highest BCUT2D eigenvalue weighted by atomic mass is 19.4. The Bertz CT molecular complexity index is 765. The van der Waals surface area contributed by atoms with Crippen molar-refractivity contribution in [1.29, 1.82) is 0 Å². The summed E-state index contributed by atoms with van der Waals surface area (Å²) in [6.07, 6.45) is -2.69. The minimum atomic E-state index is -4.08. The smallest absolute Gasteiger partial charge is 0.391 e. The summed E-state index contributed by atoms with van der Waals surface area (Å²) in [5.41, 5.74) is 1.37. The number of hydrogen-bond acceptors (Lipinski definition) is 3. The van der Waals surface area contributed by atoms with Crippen LogP contribution in [0.1, 0.15) is 36.0 Å². The van der Waals surface area contributed by atoms with Crippen LogP contribution in [0.2, 0.25) is 0 Å². The maximum absolute atomic E-state index is 12.7. The molecule has 134 valence electrons. The fraction of sp³-hybridized carbons (Fsp3) is 0.421. The third-order valence-corrected chi connectivity index (χ3v) is 4.82. The van der Waals surface area contributed by atoms with Gasteiger partial charge in [0.1, 0.15) is 0 Å². The number of carbonyl (C=O) groups is 1. The van der Waals surface area contributed by atoms with E-state index in [1.165, 1.54) is 7.11 Å². The number of alkyl halides is 3. The third-order valence-electron chi connectivity index (χ3n) is 4.82. The molecule has 0 aromatic heterocycles. The molecular weight excluding hydrogens is 331 g/mol. The van der Waals surface area contributed by atoms with E-state index in [0.29, 0.717) is 18.4 Å².